The number of rotatable bonds is 7. The fourth-order valence-electron chi connectivity index (χ4n) is 1.07. The van der Waals surface area contributed by atoms with Crippen molar-refractivity contribution in [1.82, 2.24) is 4.90 Å². The highest BCUT2D eigenvalue weighted by Gasteiger charge is 2.21. The van der Waals surface area contributed by atoms with Crippen molar-refractivity contribution in [2.75, 3.05) is 32.6 Å². The highest BCUT2D eigenvalue weighted by molar-refractivity contribution is 9.09. The lowest BCUT2D eigenvalue weighted by atomic mass is 10.6. The maximum atomic E-state index is 5.92. The molecule has 13 heavy (non-hydrogen) atoms. The Hall–Kier alpha value is 0.617. The minimum absolute atomic E-state index is 0.883. The number of nitrogens with zero attached hydrogens (tertiary/aromatic N) is 1. The first-order valence-electron chi connectivity index (χ1n) is 4.82. The van der Waals surface area contributed by atoms with Gasteiger partial charge in [0, 0.05) is 18.5 Å². The van der Waals surface area contributed by atoms with Gasteiger partial charge in [-0.25, -0.2) is 0 Å². The average Bonchev–Trinajstić information content (AvgIpc) is 2.00. The van der Waals surface area contributed by atoms with E-state index in [1.165, 1.54) is 12.5 Å². The molecule has 0 aliphatic rings. The van der Waals surface area contributed by atoms with Crippen LogP contribution < -0.4 is 0 Å². The summed E-state index contributed by atoms with van der Waals surface area (Å²) in [5.74, 6) is 0. The Morgan fingerprint density at radius 3 is 2.38 bits per heavy atom. The van der Waals surface area contributed by atoms with Crippen molar-refractivity contribution in [2.24, 2.45) is 0 Å². The summed E-state index contributed by atoms with van der Waals surface area (Å²) in [5, 5.41) is 1.10. The molecule has 80 valence electrons. The molecule has 0 heterocycles. The lowest BCUT2D eigenvalue weighted by Gasteiger charge is -2.23. The highest BCUT2D eigenvalue weighted by Crippen LogP contribution is 2.14. The number of likely N-dealkylation sites (N-methyl/N-ethyl adjacent to an activating group) is 1. The van der Waals surface area contributed by atoms with Crippen molar-refractivity contribution in [1.29, 1.82) is 0 Å². The number of halogens is 1. The molecular weight excluding hydrogens is 246 g/mol. The first kappa shape index (κ1) is 13.6. The maximum Gasteiger partial charge on any atom is 0.186 e. The van der Waals surface area contributed by atoms with E-state index in [0.717, 1.165) is 18.5 Å². The van der Waals surface area contributed by atoms with Crippen LogP contribution in [0.2, 0.25) is 19.1 Å². The third-order valence-electron chi connectivity index (χ3n) is 1.94. The Bertz CT molecular complexity index is 131. The molecule has 0 saturated heterocycles. The van der Waals surface area contributed by atoms with Gasteiger partial charge in [0.1, 0.15) is 0 Å². The van der Waals surface area contributed by atoms with Crippen LogP contribution >= 0.6 is 15.9 Å². The van der Waals surface area contributed by atoms with Gasteiger partial charge in [-0.3, -0.25) is 0 Å². The third-order valence-corrected chi connectivity index (χ3v) is 5.05. The maximum absolute atomic E-state index is 5.92. The lowest BCUT2D eigenvalue weighted by Crippen LogP contribution is -2.33. The topological polar surface area (TPSA) is 12.5 Å². The molecule has 0 aromatic rings. The van der Waals surface area contributed by atoms with Gasteiger partial charge in [-0.1, -0.05) is 15.9 Å². The van der Waals surface area contributed by atoms with Gasteiger partial charge in [-0.15, -0.1) is 0 Å². The molecule has 0 radical (unpaired) electrons. The molecule has 0 atom stereocenters. The molecule has 0 bridgehead atoms. The van der Waals surface area contributed by atoms with Crippen molar-refractivity contribution in [3.05, 3.63) is 0 Å². The van der Waals surface area contributed by atoms with Crippen molar-refractivity contribution >= 4 is 24.2 Å². The molecule has 0 rings (SSSR count). The van der Waals surface area contributed by atoms with Crippen molar-refractivity contribution < 1.29 is 4.43 Å². The predicted octanol–water partition coefficient (Wildman–Crippen LogP) is 2.55. The molecule has 4 heteroatoms. The van der Waals surface area contributed by atoms with E-state index in [0.29, 0.717) is 0 Å². The van der Waals surface area contributed by atoms with Crippen LogP contribution in [0.3, 0.4) is 0 Å². The SMILES string of the molecule is CN(C)CCO[Si](C)(C)CCCBr. The van der Waals surface area contributed by atoms with E-state index in [-0.39, 0.29) is 0 Å². The number of hydrogen-bond acceptors (Lipinski definition) is 2. The summed E-state index contributed by atoms with van der Waals surface area (Å²) in [7, 11) is 2.81. The van der Waals surface area contributed by atoms with E-state index in [1.54, 1.807) is 0 Å². The van der Waals surface area contributed by atoms with E-state index in [1.807, 2.05) is 0 Å². The standard InChI is InChI=1S/C9H22BrNOSi/c1-11(2)7-8-12-13(3,4)9-5-6-10/h5-9H2,1-4H3. The zero-order valence-corrected chi connectivity index (χ0v) is 11.9. The van der Waals surface area contributed by atoms with Gasteiger partial charge in [0.15, 0.2) is 8.32 Å². The smallest absolute Gasteiger partial charge is 0.186 e. The summed E-state index contributed by atoms with van der Waals surface area (Å²) in [6.07, 6.45) is 1.24. The fourth-order valence-corrected chi connectivity index (χ4v) is 3.68. The second-order valence-electron chi connectivity index (χ2n) is 4.20. The van der Waals surface area contributed by atoms with E-state index >= 15 is 0 Å². The van der Waals surface area contributed by atoms with Crippen LogP contribution in [0, 0.1) is 0 Å². The first-order chi connectivity index (χ1) is 5.98. The van der Waals surface area contributed by atoms with Gasteiger partial charge >= 0.3 is 0 Å². The Morgan fingerprint density at radius 1 is 1.31 bits per heavy atom. The van der Waals surface area contributed by atoms with Crippen LogP contribution in [0.1, 0.15) is 6.42 Å². The quantitative estimate of drug-likeness (QED) is 0.520. The Morgan fingerprint density at radius 2 is 1.92 bits per heavy atom. The average molecular weight is 268 g/mol. The number of hydrogen-bond donors (Lipinski definition) is 0. The molecule has 0 aliphatic heterocycles. The molecule has 0 saturated carbocycles. The second kappa shape index (κ2) is 6.98. The van der Waals surface area contributed by atoms with Crippen molar-refractivity contribution in [2.45, 2.75) is 25.6 Å². The van der Waals surface area contributed by atoms with Crippen LogP contribution in [-0.2, 0) is 4.43 Å². The highest BCUT2D eigenvalue weighted by atomic mass is 79.9. The second-order valence-corrected chi connectivity index (χ2v) is 9.31. The normalized spacial score (nSPS) is 12.5. The van der Waals surface area contributed by atoms with Crippen molar-refractivity contribution in [3.8, 4) is 0 Å². The van der Waals surface area contributed by atoms with Gasteiger partial charge in [0.05, 0.1) is 0 Å². The minimum Gasteiger partial charge on any atom is -0.416 e. The van der Waals surface area contributed by atoms with Crippen LogP contribution in [0.25, 0.3) is 0 Å². The summed E-state index contributed by atoms with van der Waals surface area (Å²) < 4.78 is 5.92. The molecule has 0 aliphatic carbocycles. The van der Waals surface area contributed by atoms with Gasteiger partial charge in [-0.05, 0) is 39.7 Å². The van der Waals surface area contributed by atoms with E-state index < -0.39 is 8.32 Å². The van der Waals surface area contributed by atoms with Gasteiger partial charge in [0.25, 0.3) is 0 Å². The van der Waals surface area contributed by atoms with Crippen LogP contribution in [-0.4, -0.2) is 45.8 Å². The summed E-state index contributed by atoms with van der Waals surface area (Å²) in [6, 6.07) is 1.26. The van der Waals surface area contributed by atoms with Crippen LogP contribution in [0.5, 0.6) is 0 Å². The van der Waals surface area contributed by atoms with Gasteiger partial charge < -0.3 is 9.33 Å². The first-order valence-corrected chi connectivity index (χ1v) is 9.06. The van der Waals surface area contributed by atoms with E-state index in [2.05, 4.69) is 48.0 Å². The molecular formula is C9H22BrNOSi. The monoisotopic (exact) mass is 267 g/mol. The number of alkyl halides is 1. The fraction of sp³-hybridized carbons (Fsp3) is 1.00. The van der Waals surface area contributed by atoms with Crippen LogP contribution in [0.15, 0.2) is 0 Å². The van der Waals surface area contributed by atoms with E-state index in [4.69, 9.17) is 4.43 Å². The zero-order valence-electron chi connectivity index (χ0n) is 9.27. The third kappa shape index (κ3) is 8.93. The molecule has 0 aromatic carbocycles. The lowest BCUT2D eigenvalue weighted by molar-refractivity contribution is 0.253. The molecule has 0 amide bonds. The van der Waals surface area contributed by atoms with Crippen LogP contribution in [0.4, 0.5) is 0 Å². The minimum atomic E-state index is -1.35. The summed E-state index contributed by atoms with van der Waals surface area (Å²) in [6.45, 7) is 6.51. The van der Waals surface area contributed by atoms with E-state index in [9.17, 15) is 0 Å². The van der Waals surface area contributed by atoms with Gasteiger partial charge in [-0.2, -0.15) is 0 Å². The van der Waals surface area contributed by atoms with Crippen molar-refractivity contribution in [3.63, 3.8) is 0 Å². The molecule has 0 unspecified atom stereocenters. The van der Waals surface area contributed by atoms with Gasteiger partial charge in [0.2, 0.25) is 0 Å². The zero-order chi connectivity index (χ0) is 10.3. The Kier molecular flexibility index (Phi) is 7.31. The molecule has 0 aromatic heterocycles. The molecule has 0 N–H and O–H groups in total. The largest absolute Gasteiger partial charge is 0.416 e. The molecule has 2 nitrogen and oxygen atoms in total. The Balaban J connectivity index is 3.50. The molecule has 0 spiro atoms. The predicted molar refractivity (Wildman–Crippen MR) is 65.2 cm³/mol. The molecule has 0 fully saturated rings. The Labute approximate surface area is 91.9 Å². The summed E-state index contributed by atoms with van der Waals surface area (Å²) >= 11 is 3.45. The summed E-state index contributed by atoms with van der Waals surface area (Å²) in [4.78, 5) is 2.16. The summed E-state index contributed by atoms with van der Waals surface area (Å²) in [5.41, 5.74) is 0.